The summed E-state index contributed by atoms with van der Waals surface area (Å²) in [4.78, 5) is 14.6. The van der Waals surface area contributed by atoms with Crippen molar-refractivity contribution in [2.24, 2.45) is 0 Å². The Morgan fingerprint density at radius 1 is 1.00 bits per heavy atom. The van der Waals surface area contributed by atoms with E-state index in [4.69, 9.17) is 11.6 Å². The molecule has 0 saturated carbocycles. The number of hydrogen-bond donors (Lipinski definition) is 2. The molecular weight excluding hydrogens is 386 g/mol. The molecule has 0 unspecified atom stereocenters. The molecule has 0 aliphatic rings. The number of sulfonamides is 1. The number of nitrogens with zero attached hydrogens (tertiary/aromatic N) is 1. The van der Waals surface area contributed by atoms with Crippen LogP contribution in [0.25, 0.3) is 5.69 Å². The average molecular weight is 404 g/mol. The van der Waals surface area contributed by atoms with E-state index in [2.05, 4.69) is 10.3 Å². The van der Waals surface area contributed by atoms with Crippen LogP contribution in [0.2, 0.25) is 5.02 Å². The summed E-state index contributed by atoms with van der Waals surface area (Å²) >= 11 is 5.83. The molecule has 3 rings (SSSR count). The zero-order valence-corrected chi connectivity index (χ0v) is 16.3. The molecule has 0 aliphatic heterocycles. The third kappa shape index (κ3) is 4.05. The normalized spacial score (nSPS) is 11.4. The Bertz CT molecular complexity index is 1090. The highest BCUT2D eigenvalue weighted by Crippen LogP contribution is 2.20. The monoisotopic (exact) mass is 403 g/mol. The van der Waals surface area contributed by atoms with Gasteiger partial charge in [-0.2, -0.15) is 0 Å². The molecule has 2 N–H and O–H groups in total. The number of nitrogens with one attached hydrogen (secondary N) is 2. The van der Waals surface area contributed by atoms with Crippen LogP contribution in [0.5, 0.6) is 0 Å². The van der Waals surface area contributed by atoms with Crippen molar-refractivity contribution in [3.63, 3.8) is 0 Å². The number of benzene rings is 2. The van der Waals surface area contributed by atoms with Gasteiger partial charge in [-0.3, -0.25) is 10.2 Å². The fourth-order valence-electron chi connectivity index (χ4n) is 2.84. The minimum atomic E-state index is -3.93. The molecule has 140 valence electrons. The summed E-state index contributed by atoms with van der Waals surface area (Å²) in [6, 6.07) is 17.1. The molecule has 8 heteroatoms. The second-order valence-electron chi connectivity index (χ2n) is 5.97. The first-order valence-corrected chi connectivity index (χ1v) is 9.98. The first kappa shape index (κ1) is 19.2. The zero-order chi connectivity index (χ0) is 19.6. The van der Waals surface area contributed by atoms with Gasteiger partial charge >= 0.3 is 0 Å². The number of amides is 1. The summed E-state index contributed by atoms with van der Waals surface area (Å²) in [7, 11) is -3.93. The van der Waals surface area contributed by atoms with E-state index < -0.39 is 15.9 Å². The Kier molecular flexibility index (Phi) is 5.36. The summed E-state index contributed by atoms with van der Waals surface area (Å²) in [6.07, 6.45) is 0. The van der Waals surface area contributed by atoms with Crippen molar-refractivity contribution < 1.29 is 13.2 Å². The summed E-state index contributed by atoms with van der Waals surface area (Å²) in [5.41, 5.74) is 5.13. The lowest BCUT2D eigenvalue weighted by Gasteiger charge is -2.11. The van der Waals surface area contributed by atoms with Gasteiger partial charge in [0.15, 0.2) is 0 Å². The van der Waals surface area contributed by atoms with E-state index in [1.807, 2.05) is 41.8 Å². The summed E-state index contributed by atoms with van der Waals surface area (Å²) in [6.45, 7) is 3.69. The zero-order valence-electron chi connectivity index (χ0n) is 14.7. The molecule has 0 bridgehead atoms. The minimum Gasteiger partial charge on any atom is -0.318 e. The fourth-order valence-corrected chi connectivity index (χ4v) is 3.98. The predicted octanol–water partition coefficient (Wildman–Crippen LogP) is 3.37. The van der Waals surface area contributed by atoms with Crippen LogP contribution in [0.1, 0.15) is 21.7 Å². The van der Waals surface area contributed by atoms with Crippen molar-refractivity contribution in [1.82, 2.24) is 14.8 Å². The number of hydrazine groups is 1. The molecule has 27 heavy (non-hydrogen) atoms. The van der Waals surface area contributed by atoms with E-state index in [1.165, 1.54) is 18.2 Å². The maximum atomic E-state index is 12.5. The van der Waals surface area contributed by atoms with Crippen LogP contribution in [0.4, 0.5) is 0 Å². The van der Waals surface area contributed by atoms with Crippen LogP contribution in [0.15, 0.2) is 65.6 Å². The van der Waals surface area contributed by atoms with Gasteiger partial charge in [-0.05, 0) is 50.2 Å². The standard InChI is InChI=1S/C19H18ClN3O3S/c1-13-11-18(14(2)23(13)16-8-4-3-5-9-16)19(24)21-22-27(25,26)17-10-6-7-15(20)12-17/h3-12,22H,1-2H3,(H,21,24). The van der Waals surface area contributed by atoms with Gasteiger partial charge in [-0.15, -0.1) is 4.83 Å². The van der Waals surface area contributed by atoms with Gasteiger partial charge in [-0.25, -0.2) is 8.42 Å². The number of hydrogen-bond acceptors (Lipinski definition) is 3. The van der Waals surface area contributed by atoms with Crippen LogP contribution in [-0.4, -0.2) is 18.9 Å². The second-order valence-corrected chi connectivity index (χ2v) is 8.09. The lowest BCUT2D eigenvalue weighted by molar-refractivity contribution is 0.0944. The lowest BCUT2D eigenvalue weighted by Crippen LogP contribution is -2.41. The van der Waals surface area contributed by atoms with Crippen molar-refractivity contribution in [3.8, 4) is 5.69 Å². The van der Waals surface area contributed by atoms with Gasteiger partial charge < -0.3 is 4.57 Å². The summed E-state index contributed by atoms with van der Waals surface area (Å²) in [5, 5.41) is 0.288. The van der Waals surface area contributed by atoms with Crippen molar-refractivity contribution in [2.45, 2.75) is 18.7 Å². The van der Waals surface area contributed by atoms with E-state index in [1.54, 1.807) is 19.1 Å². The minimum absolute atomic E-state index is 0.0370. The number of carbonyl (C=O) groups excluding carboxylic acids is 1. The lowest BCUT2D eigenvalue weighted by atomic mass is 10.2. The molecule has 1 amide bonds. The van der Waals surface area contributed by atoms with Gasteiger partial charge in [0.2, 0.25) is 0 Å². The van der Waals surface area contributed by atoms with Crippen LogP contribution in [-0.2, 0) is 10.0 Å². The van der Waals surface area contributed by atoms with Gasteiger partial charge in [0.25, 0.3) is 15.9 Å². The molecule has 0 spiro atoms. The predicted molar refractivity (Wildman–Crippen MR) is 104 cm³/mol. The third-order valence-electron chi connectivity index (χ3n) is 4.10. The smallest absolute Gasteiger partial charge is 0.268 e. The molecule has 0 aliphatic carbocycles. The highest BCUT2D eigenvalue weighted by molar-refractivity contribution is 7.89. The molecular formula is C19H18ClN3O3S. The van der Waals surface area contributed by atoms with E-state index in [9.17, 15) is 13.2 Å². The van der Waals surface area contributed by atoms with Crippen LogP contribution in [0.3, 0.4) is 0 Å². The molecule has 0 radical (unpaired) electrons. The van der Waals surface area contributed by atoms with E-state index in [-0.39, 0.29) is 9.92 Å². The van der Waals surface area contributed by atoms with Crippen LogP contribution >= 0.6 is 11.6 Å². The number of halogens is 1. The van der Waals surface area contributed by atoms with Gasteiger partial charge in [0.1, 0.15) is 0 Å². The molecule has 0 saturated heterocycles. The summed E-state index contributed by atoms with van der Waals surface area (Å²) in [5.74, 6) is -0.545. The number of para-hydroxylation sites is 1. The SMILES string of the molecule is Cc1cc(C(=O)NNS(=O)(=O)c2cccc(Cl)c2)c(C)n1-c1ccccc1. The van der Waals surface area contributed by atoms with E-state index in [0.29, 0.717) is 11.3 Å². The molecule has 3 aromatic rings. The number of aryl methyl sites for hydroxylation is 1. The molecule has 2 aromatic carbocycles. The van der Waals surface area contributed by atoms with Crippen molar-refractivity contribution in [3.05, 3.63) is 82.6 Å². The Morgan fingerprint density at radius 2 is 1.70 bits per heavy atom. The number of rotatable bonds is 5. The maximum absolute atomic E-state index is 12.5. The largest absolute Gasteiger partial charge is 0.318 e. The highest BCUT2D eigenvalue weighted by Gasteiger charge is 2.20. The van der Waals surface area contributed by atoms with Crippen molar-refractivity contribution in [1.29, 1.82) is 0 Å². The molecule has 0 fully saturated rings. The van der Waals surface area contributed by atoms with E-state index >= 15 is 0 Å². The first-order valence-electron chi connectivity index (χ1n) is 8.11. The Hall–Kier alpha value is -2.61. The van der Waals surface area contributed by atoms with Crippen molar-refractivity contribution in [2.75, 3.05) is 0 Å². The van der Waals surface area contributed by atoms with Gasteiger partial charge in [-0.1, -0.05) is 35.9 Å². The third-order valence-corrected chi connectivity index (χ3v) is 5.58. The quantitative estimate of drug-likeness (QED) is 0.641. The number of carbonyl (C=O) groups is 1. The number of aromatic nitrogens is 1. The Labute approximate surface area is 162 Å². The molecule has 1 aromatic heterocycles. The molecule has 0 atom stereocenters. The van der Waals surface area contributed by atoms with Crippen LogP contribution < -0.4 is 10.3 Å². The first-order chi connectivity index (χ1) is 12.8. The Balaban J connectivity index is 1.81. The van der Waals surface area contributed by atoms with Gasteiger partial charge in [0, 0.05) is 22.1 Å². The second kappa shape index (κ2) is 7.56. The maximum Gasteiger partial charge on any atom is 0.268 e. The highest BCUT2D eigenvalue weighted by atomic mass is 35.5. The van der Waals surface area contributed by atoms with Crippen LogP contribution in [0, 0.1) is 13.8 Å². The fraction of sp³-hybridized carbons (Fsp3) is 0.105. The van der Waals surface area contributed by atoms with E-state index in [0.717, 1.165) is 11.4 Å². The summed E-state index contributed by atoms with van der Waals surface area (Å²) < 4.78 is 26.5. The van der Waals surface area contributed by atoms with Gasteiger partial charge in [0.05, 0.1) is 10.5 Å². The Morgan fingerprint density at radius 3 is 2.37 bits per heavy atom. The van der Waals surface area contributed by atoms with Crippen molar-refractivity contribution >= 4 is 27.5 Å². The molecule has 6 nitrogen and oxygen atoms in total. The topological polar surface area (TPSA) is 80.2 Å². The molecule has 1 heterocycles. The average Bonchev–Trinajstić information content (AvgIpc) is 2.95.